The smallest absolute Gasteiger partial charge is 0.282 e. The summed E-state index contributed by atoms with van der Waals surface area (Å²) in [6.07, 6.45) is 1.83. The number of nitrogens with one attached hydrogen (secondary N) is 1. The van der Waals surface area contributed by atoms with Gasteiger partial charge in [-0.15, -0.1) is 0 Å². The van der Waals surface area contributed by atoms with Crippen LogP contribution in [0, 0.1) is 5.92 Å². The predicted molar refractivity (Wildman–Crippen MR) is 127 cm³/mol. The topological polar surface area (TPSA) is 82.2 Å². The van der Waals surface area contributed by atoms with E-state index in [0.29, 0.717) is 56.6 Å². The fourth-order valence-electron chi connectivity index (χ4n) is 4.16. The second-order valence-electron chi connectivity index (χ2n) is 9.98. The fourth-order valence-corrected chi connectivity index (χ4v) is 5.79. The molecule has 1 aromatic carbocycles. The fraction of sp³-hybridized carbons (Fsp3) is 0.696. The Balaban J connectivity index is 1.55. The van der Waals surface area contributed by atoms with Crippen molar-refractivity contribution < 1.29 is 17.9 Å². The molecule has 2 heterocycles. The minimum Gasteiger partial charge on any atom is -0.495 e. The van der Waals surface area contributed by atoms with Gasteiger partial charge >= 0.3 is 0 Å². The second-order valence-corrected chi connectivity index (χ2v) is 11.9. The van der Waals surface area contributed by atoms with Crippen LogP contribution in [0.3, 0.4) is 0 Å². The molecule has 0 aliphatic carbocycles. The largest absolute Gasteiger partial charge is 0.495 e. The van der Waals surface area contributed by atoms with E-state index in [0.717, 1.165) is 18.4 Å². The van der Waals surface area contributed by atoms with E-state index in [2.05, 4.69) is 33.0 Å². The number of piperazine rings is 1. The lowest BCUT2D eigenvalue weighted by Crippen LogP contribution is -2.55. The zero-order chi connectivity index (χ0) is 23.5. The van der Waals surface area contributed by atoms with Crippen LogP contribution in [0.2, 0.25) is 0 Å². The van der Waals surface area contributed by atoms with Gasteiger partial charge in [0.05, 0.1) is 19.3 Å². The van der Waals surface area contributed by atoms with E-state index >= 15 is 0 Å². The van der Waals surface area contributed by atoms with Crippen LogP contribution in [0.25, 0.3) is 0 Å². The number of carbonyl (C=O) groups is 1. The molecule has 9 heteroatoms. The van der Waals surface area contributed by atoms with Crippen molar-refractivity contribution in [1.82, 2.24) is 13.5 Å². The molecule has 1 aromatic rings. The lowest BCUT2D eigenvalue weighted by Gasteiger charge is -2.38. The van der Waals surface area contributed by atoms with Crippen LogP contribution in [0.5, 0.6) is 5.75 Å². The summed E-state index contributed by atoms with van der Waals surface area (Å²) in [5.41, 5.74) is 1.73. The van der Waals surface area contributed by atoms with Gasteiger partial charge in [-0.25, -0.2) is 0 Å². The molecular formula is C23H38N4O4S. The zero-order valence-electron chi connectivity index (χ0n) is 20.1. The molecule has 1 amide bonds. The van der Waals surface area contributed by atoms with Crippen LogP contribution in [0.4, 0.5) is 5.69 Å². The average Bonchev–Trinajstić information content (AvgIpc) is 2.73. The van der Waals surface area contributed by atoms with Gasteiger partial charge in [0.15, 0.2) is 0 Å². The first-order valence-corrected chi connectivity index (χ1v) is 12.9. The summed E-state index contributed by atoms with van der Waals surface area (Å²) in [6, 6.07) is 5.85. The predicted octanol–water partition coefficient (Wildman–Crippen LogP) is 2.53. The quantitative estimate of drug-likeness (QED) is 0.697. The van der Waals surface area contributed by atoms with Crippen LogP contribution in [-0.2, 0) is 20.4 Å². The highest BCUT2D eigenvalue weighted by Crippen LogP contribution is 2.31. The summed E-state index contributed by atoms with van der Waals surface area (Å²) >= 11 is 0. The molecule has 0 bridgehead atoms. The molecule has 1 N–H and O–H groups in total. The number of piperidine rings is 1. The van der Waals surface area contributed by atoms with Gasteiger partial charge in [0.1, 0.15) is 5.75 Å². The average molecular weight is 467 g/mol. The van der Waals surface area contributed by atoms with E-state index in [1.807, 2.05) is 23.1 Å². The van der Waals surface area contributed by atoms with Gasteiger partial charge < -0.3 is 10.1 Å². The van der Waals surface area contributed by atoms with E-state index in [9.17, 15) is 13.2 Å². The summed E-state index contributed by atoms with van der Waals surface area (Å²) in [5.74, 6) is 1.08. The number of hydrogen-bond acceptors (Lipinski definition) is 5. The second kappa shape index (κ2) is 10.1. The van der Waals surface area contributed by atoms with Crippen LogP contribution < -0.4 is 10.1 Å². The van der Waals surface area contributed by atoms with Crippen LogP contribution in [0.1, 0.15) is 46.1 Å². The lowest BCUT2D eigenvalue weighted by atomic mass is 9.87. The monoisotopic (exact) mass is 466 g/mol. The van der Waals surface area contributed by atoms with Gasteiger partial charge in [0.25, 0.3) is 10.2 Å². The third-order valence-electron chi connectivity index (χ3n) is 6.43. The number of amides is 1. The van der Waals surface area contributed by atoms with Gasteiger partial charge in [-0.2, -0.15) is 17.0 Å². The first-order chi connectivity index (χ1) is 15.0. The SMILES string of the molecule is COc1ccc(C(C)(C)C)cc1NC(=O)CN1CCN(S(=O)(=O)N2CCC(C)CC2)CC1. The van der Waals surface area contributed by atoms with Crippen molar-refractivity contribution in [2.24, 2.45) is 5.92 Å². The summed E-state index contributed by atoms with van der Waals surface area (Å²) in [4.78, 5) is 14.7. The first-order valence-electron chi connectivity index (χ1n) is 11.5. The molecule has 0 unspecified atom stereocenters. The van der Waals surface area contributed by atoms with Gasteiger partial charge in [-0.1, -0.05) is 33.8 Å². The Morgan fingerprint density at radius 2 is 1.66 bits per heavy atom. The Morgan fingerprint density at radius 3 is 2.22 bits per heavy atom. The van der Waals surface area contributed by atoms with Gasteiger partial charge in [-0.05, 0) is 41.9 Å². The first kappa shape index (κ1) is 25.0. The maximum Gasteiger partial charge on any atom is 0.282 e. The van der Waals surface area contributed by atoms with Gasteiger partial charge in [0, 0.05) is 39.3 Å². The minimum absolute atomic E-state index is 0.0417. The summed E-state index contributed by atoms with van der Waals surface area (Å²) in [7, 11) is -1.83. The standard InChI is InChI=1S/C23H38N4O4S/c1-18-8-10-26(11-9-18)32(29,30)27-14-12-25(13-15-27)17-22(28)24-20-16-19(23(2,3)4)6-7-21(20)31-5/h6-7,16,18H,8-15,17H2,1-5H3,(H,24,28). The molecule has 0 spiro atoms. The normalized spacial score (nSPS) is 20.3. The van der Waals surface area contributed by atoms with Gasteiger partial charge in [0.2, 0.25) is 5.91 Å². The van der Waals surface area contributed by atoms with Gasteiger partial charge in [-0.3, -0.25) is 9.69 Å². The van der Waals surface area contributed by atoms with Crippen molar-refractivity contribution in [3.05, 3.63) is 23.8 Å². The Labute approximate surface area is 193 Å². The molecule has 0 aromatic heterocycles. The molecule has 3 rings (SSSR count). The Morgan fingerprint density at radius 1 is 1.06 bits per heavy atom. The molecular weight excluding hydrogens is 428 g/mol. The highest BCUT2D eigenvalue weighted by Gasteiger charge is 2.34. The van der Waals surface area contributed by atoms with Crippen molar-refractivity contribution in [2.75, 3.05) is 58.2 Å². The molecule has 32 heavy (non-hydrogen) atoms. The van der Waals surface area contributed by atoms with Crippen LogP contribution in [-0.4, -0.2) is 80.8 Å². The Bertz CT molecular complexity index is 897. The molecule has 2 saturated heterocycles. The van der Waals surface area contributed by atoms with Crippen molar-refractivity contribution in [1.29, 1.82) is 0 Å². The maximum absolute atomic E-state index is 12.9. The Hall–Kier alpha value is -1.68. The van der Waals surface area contributed by atoms with E-state index in [-0.39, 0.29) is 17.9 Å². The third kappa shape index (κ3) is 6.01. The lowest BCUT2D eigenvalue weighted by molar-refractivity contribution is -0.117. The molecule has 180 valence electrons. The number of ether oxygens (including phenoxy) is 1. The van der Waals surface area contributed by atoms with Crippen molar-refractivity contribution in [2.45, 2.75) is 46.0 Å². The van der Waals surface area contributed by atoms with Crippen molar-refractivity contribution >= 4 is 21.8 Å². The number of anilines is 1. The van der Waals surface area contributed by atoms with E-state index in [1.54, 1.807) is 15.7 Å². The summed E-state index contributed by atoms with van der Waals surface area (Å²) in [6.45, 7) is 11.8. The van der Waals surface area contributed by atoms with Crippen molar-refractivity contribution in [3.63, 3.8) is 0 Å². The zero-order valence-corrected chi connectivity index (χ0v) is 20.9. The van der Waals surface area contributed by atoms with E-state index < -0.39 is 10.2 Å². The highest BCUT2D eigenvalue weighted by molar-refractivity contribution is 7.86. The van der Waals surface area contributed by atoms with Crippen LogP contribution >= 0.6 is 0 Å². The number of hydrogen-bond donors (Lipinski definition) is 1. The molecule has 2 fully saturated rings. The number of nitrogens with zero attached hydrogens (tertiary/aromatic N) is 3. The maximum atomic E-state index is 12.9. The third-order valence-corrected chi connectivity index (χ3v) is 8.47. The van der Waals surface area contributed by atoms with E-state index in [1.165, 1.54) is 0 Å². The summed E-state index contributed by atoms with van der Waals surface area (Å²) < 4.78 is 34.5. The molecule has 0 radical (unpaired) electrons. The van der Waals surface area contributed by atoms with E-state index in [4.69, 9.17) is 4.74 Å². The molecule has 8 nitrogen and oxygen atoms in total. The number of methoxy groups -OCH3 is 1. The molecule has 2 aliphatic rings. The molecule has 0 atom stereocenters. The number of benzene rings is 1. The molecule has 2 aliphatic heterocycles. The minimum atomic E-state index is -3.41. The Kier molecular flexibility index (Phi) is 7.85. The number of rotatable bonds is 6. The number of carbonyl (C=O) groups excluding carboxylic acids is 1. The molecule has 0 saturated carbocycles. The van der Waals surface area contributed by atoms with Crippen molar-refractivity contribution in [3.8, 4) is 5.75 Å². The van der Waals surface area contributed by atoms with Crippen LogP contribution in [0.15, 0.2) is 18.2 Å². The summed E-state index contributed by atoms with van der Waals surface area (Å²) in [5, 5.41) is 2.97. The highest BCUT2D eigenvalue weighted by atomic mass is 32.2.